The van der Waals surface area contributed by atoms with E-state index in [4.69, 9.17) is 18.9 Å². The number of unbranched alkanes of at least 4 members (excludes halogenated alkanes) is 22. The third-order valence-electron chi connectivity index (χ3n) is 12.1. The van der Waals surface area contributed by atoms with Crippen LogP contribution in [0.4, 0.5) is 0 Å². The van der Waals surface area contributed by atoms with Crippen LogP contribution in [0.3, 0.4) is 0 Å². The molecule has 1 saturated heterocycles. The van der Waals surface area contributed by atoms with Crippen molar-refractivity contribution in [3.05, 3.63) is 0 Å². The Hall–Kier alpha value is -3.40. The molecule has 7 atom stereocenters. The number of hydrogen-bond donors (Lipinski definition) is 4. The zero-order chi connectivity index (χ0) is 49.1. The van der Waals surface area contributed by atoms with Gasteiger partial charge in [0.05, 0.1) is 6.10 Å². The van der Waals surface area contributed by atoms with Gasteiger partial charge in [-0.2, -0.15) is 0 Å². The molecule has 1 fully saturated rings. The zero-order valence-electron chi connectivity index (χ0n) is 41.4. The van der Waals surface area contributed by atoms with Crippen LogP contribution in [0, 0.1) is 5.92 Å². The fourth-order valence-electron chi connectivity index (χ4n) is 8.44. The van der Waals surface area contributed by atoms with Crippen LogP contribution in [-0.2, 0) is 52.5 Å². The van der Waals surface area contributed by atoms with Crippen molar-refractivity contribution in [1.29, 1.82) is 0 Å². The molecule has 0 aromatic heterocycles. The number of esters is 3. The first-order valence-corrected chi connectivity index (χ1v) is 26.5. The summed E-state index contributed by atoms with van der Waals surface area (Å²) in [6.45, 7) is 9.52. The molecule has 0 unspecified atom stereocenters. The maximum absolute atomic E-state index is 14.3. The molecule has 0 bridgehead atoms. The zero-order valence-corrected chi connectivity index (χ0v) is 42.2. The second kappa shape index (κ2) is 37.6. The molecule has 1 rings (SSSR count). The lowest BCUT2D eigenvalue weighted by atomic mass is 9.93. The van der Waals surface area contributed by atoms with Crippen molar-refractivity contribution in [2.45, 2.75) is 263 Å². The molecule has 1 aliphatic rings. The third-order valence-corrected chi connectivity index (χ3v) is 13.4. The van der Waals surface area contributed by atoms with E-state index < -0.39 is 90.0 Å². The van der Waals surface area contributed by atoms with Crippen molar-refractivity contribution in [1.82, 2.24) is 10.6 Å². The van der Waals surface area contributed by atoms with Crippen molar-refractivity contribution < 1.29 is 62.7 Å². The van der Waals surface area contributed by atoms with Gasteiger partial charge in [0.1, 0.15) is 17.5 Å². The highest BCUT2D eigenvalue weighted by atomic mass is 32.2. The van der Waals surface area contributed by atoms with Crippen LogP contribution in [0.15, 0.2) is 0 Å². The topological polar surface area (TPSA) is 221 Å². The van der Waals surface area contributed by atoms with Gasteiger partial charge in [0.15, 0.2) is 18.3 Å². The number of hydrogen-bond acceptors (Lipinski definition) is 12. The monoisotopic (exact) mass is 957 g/mol. The molecule has 0 spiro atoms. The lowest BCUT2D eigenvalue weighted by Crippen LogP contribution is -2.60. The Morgan fingerprint density at radius 3 is 1.29 bits per heavy atom. The highest BCUT2D eigenvalue weighted by Crippen LogP contribution is 2.34. The summed E-state index contributed by atoms with van der Waals surface area (Å²) in [5, 5.41) is 24.5. The van der Waals surface area contributed by atoms with Gasteiger partial charge in [-0.1, -0.05) is 168 Å². The Morgan fingerprint density at radius 1 is 0.515 bits per heavy atom. The molecule has 0 aromatic rings. The summed E-state index contributed by atoms with van der Waals surface area (Å²) in [5.74, 6) is -6.62. The molecule has 16 heteroatoms. The Morgan fingerprint density at radius 2 is 0.894 bits per heavy atom. The molecule has 4 N–H and O–H groups in total. The van der Waals surface area contributed by atoms with E-state index in [1.54, 1.807) is 6.92 Å². The standard InChI is InChI=1S/C50H88N2O13S/c1-7-9-11-13-15-17-19-21-23-25-27-29-31-40(32-30-28-26-24-22-20-18-16-14-12-10-8-2)47(58)52-42(48(59)51-41(49(60)61)33-34-43(56)57)35-66-50-46(65-39(6)55)45(64-38(5)54)44(36(3)62-50)63-37(4)53/h36,40-42,44-46,50H,7-35H2,1-6H3,(H,51,59)(H,52,58)(H,56,57)(H,60,61)/t36-,41-,42-,44+,45+,46-,50-/m0/s1. The molecule has 382 valence electrons. The first kappa shape index (κ1) is 60.6. The fraction of sp³-hybridized carbons (Fsp3) is 0.860. The van der Waals surface area contributed by atoms with Crippen LogP contribution in [-0.4, -0.2) is 99.6 Å². The Bertz CT molecular complexity index is 1370. The van der Waals surface area contributed by atoms with Crippen LogP contribution < -0.4 is 10.6 Å². The Kier molecular flexibility index (Phi) is 34.5. The summed E-state index contributed by atoms with van der Waals surface area (Å²) >= 11 is 0.973. The lowest BCUT2D eigenvalue weighted by molar-refractivity contribution is -0.229. The number of aliphatic carboxylic acids is 2. The van der Waals surface area contributed by atoms with Crippen LogP contribution >= 0.6 is 11.8 Å². The molecule has 66 heavy (non-hydrogen) atoms. The lowest BCUT2D eigenvalue weighted by Gasteiger charge is -2.43. The maximum atomic E-state index is 14.3. The van der Waals surface area contributed by atoms with Crippen LogP contribution in [0.25, 0.3) is 0 Å². The van der Waals surface area contributed by atoms with Gasteiger partial charge in [-0.25, -0.2) is 4.79 Å². The number of rotatable bonds is 40. The molecule has 15 nitrogen and oxygen atoms in total. The molecular formula is C50H88N2O13S. The molecular weight excluding hydrogens is 869 g/mol. The SMILES string of the molecule is CCCCCCCCCCCCCCC(CCCCCCCCCCCCCC)C(=O)N[C@@H](CS[C@@H]1O[C@@H](C)[C@@H](OC(C)=O)[C@@H](OC(C)=O)[C@@H]1OC(C)=O)C(=O)N[C@@H](CCC(=O)O)C(=O)O. The Labute approximate surface area is 400 Å². The van der Waals surface area contributed by atoms with Crippen molar-refractivity contribution in [2.24, 2.45) is 5.92 Å². The van der Waals surface area contributed by atoms with Crippen LogP contribution in [0.1, 0.15) is 221 Å². The van der Waals surface area contributed by atoms with Gasteiger partial charge >= 0.3 is 29.8 Å². The average Bonchev–Trinajstić information content (AvgIpc) is 3.25. The van der Waals surface area contributed by atoms with E-state index in [-0.39, 0.29) is 18.1 Å². The molecule has 1 heterocycles. The largest absolute Gasteiger partial charge is 0.481 e. The number of thioether (sulfide) groups is 1. The Balaban J connectivity index is 3.22. The van der Waals surface area contributed by atoms with Crippen molar-refractivity contribution >= 4 is 53.4 Å². The first-order chi connectivity index (χ1) is 31.6. The molecule has 1 aliphatic heterocycles. The minimum atomic E-state index is -1.55. The fourth-order valence-corrected chi connectivity index (χ4v) is 9.71. The number of nitrogens with one attached hydrogen (secondary N) is 2. The van der Waals surface area contributed by atoms with E-state index in [2.05, 4.69) is 24.5 Å². The highest BCUT2D eigenvalue weighted by molar-refractivity contribution is 7.99. The summed E-state index contributed by atoms with van der Waals surface area (Å²) in [6, 6.07) is -2.87. The minimum Gasteiger partial charge on any atom is -0.481 e. The summed E-state index contributed by atoms with van der Waals surface area (Å²) in [7, 11) is 0. The summed E-state index contributed by atoms with van der Waals surface area (Å²) in [5.41, 5.74) is -1.09. The van der Waals surface area contributed by atoms with Gasteiger partial charge in [-0.3, -0.25) is 28.8 Å². The highest BCUT2D eigenvalue weighted by Gasteiger charge is 2.50. The maximum Gasteiger partial charge on any atom is 0.326 e. The van der Waals surface area contributed by atoms with Crippen molar-refractivity contribution in [3.63, 3.8) is 0 Å². The van der Waals surface area contributed by atoms with Gasteiger partial charge in [0.2, 0.25) is 11.8 Å². The summed E-state index contributed by atoms with van der Waals surface area (Å²) in [4.78, 5) is 88.4. The van der Waals surface area contributed by atoms with E-state index in [9.17, 15) is 43.8 Å². The molecule has 0 radical (unpaired) electrons. The molecule has 0 aromatic carbocycles. The van der Waals surface area contributed by atoms with E-state index >= 15 is 0 Å². The van der Waals surface area contributed by atoms with Gasteiger partial charge in [0.25, 0.3) is 0 Å². The number of amides is 2. The van der Waals surface area contributed by atoms with Gasteiger partial charge < -0.3 is 39.8 Å². The van der Waals surface area contributed by atoms with Gasteiger partial charge in [0, 0.05) is 38.9 Å². The molecule has 0 saturated carbocycles. The van der Waals surface area contributed by atoms with Crippen LogP contribution in [0.5, 0.6) is 0 Å². The summed E-state index contributed by atoms with van der Waals surface area (Å²) < 4.78 is 22.7. The second-order valence-electron chi connectivity index (χ2n) is 18.2. The number of carboxylic acid groups (broad SMARTS) is 2. The smallest absolute Gasteiger partial charge is 0.326 e. The van der Waals surface area contributed by atoms with Crippen molar-refractivity contribution in [2.75, 3.05) is 5.75 Å². The second-order valence-corrected chi connectivity index (χ2v) is 19.3. The molecule has 2 amide bonds. The molecule has 0 aliphatic carbocycles. The van der Waals surface area contributed by atoms with Gasteiger partial charge in [-0.05, 0) is 26.2 Å². The minimum absolute atomic E-state index is 0.201. The first-order valence-electron chi connectivity index (χ1n) is 25.4. The predicted octanol–water partition coefficient (Wildman–Crippen LogP) is 9.98. The van der Waals surface area contributed by atoms with Crippen molar-refractivity contribution in [3.8, 4) is 0 Å². The number of ether oxygens (including phenoxy) is 4. The quantitative estimate of drug-likeness (QED) is 0.0255. The number of carbonyl (C=O) groups excluding carboxylic acids is 5. The van der Waals surface area contributed by atoms with E-state index in [0.717, 1.165) is 77.0 Å². The van der Waals surface area contributed by atoms with E-state index in [1.807, 2.05) is 0 Å². The third kappa shape index (κ3) is 28.7. The van der Waals surface area contributed by atoms with Gasteiger partial charge in [-0.15, -0.1) is 11.8 Å². The van der Waals surface area contributed by atoms with E-state index in [1.165, 1.54) is 110 Å². The normalized spacial score (nSPS) is 19.1. The average molecular weight is 957 g/mol. The predicted molar refractivity (Wildman–Crippen MR) is 257 cm³/mol. The van der Waals surface area contributed by atoms with E-state index in [0.29, 0.717) is 12.8 Å². The van der Waals surface area contributed by atoms with Crippen LogP contribution in [0.2, 0.25) is 0 Å². The number of carbonyl (C=O) groups is 7. The summed E-state index contributed by atoms with van der Waals surface area (Å²) in [6.07, 6.45) is 24.2. The number of carboxylic acids is 2.